The van der Waals surface area contributed by atoms with Crippen LogP contribution in [0.5, 0.6) is 0 Å². The summed E-state index contributed by atoms with van der Waals surface area (Å²) in [4.78, 5) is 6.92. The maximum Gasteiger partial charge on any atom is 0.193 e. The molecular weight excluding hydrogens is 425 g/mol. The smallest absolute Gasteiger partial charge is 0.193 e. The lowest BCUT2D eigenvalue weighted by Gasteiger charge is -2.38. The van der Waals surface area contributed by atoms with E-state index in [1.54, 1.807) is 6.20 Å². The standard InChI is InChI=1S/C19H25N5.HI/c1-20-18(23-12-9-19(15-23)7-3-8-19)21-14-16-5-2-6-17(13-16)24-11-4-10-22-24;/h2,4-6,10-11,13H,3,7-9,12,14-15H2,1H3,(H,20,21);1H. The number of rotatable bonds is 3. The second kappa shape index (κ2) is 7.76. The fourth-order valence-electron chi connectivity index (χ4n) is 3.94. The molecule has 6 heteroatoms. The van der Waals surface area contributed by atoms with Crippen molar-refractivity contribution in [3.05, 3.63) is 48.3 Å². The van der Waals surface area contributed by atoms with Crippen LogP contribution in [0.4, 0.5) is 0 Å². The van der Waals surface area contributed by atoms with Gasteiger partial charge in [-0.1, -0.05) is 18.6 Å². The average Bonchev–Trinajstić information content (AvgIpc) is 3.25. The Bertz CT molecular complexity index is 721. The molecule has 1 aromatic heterocycles. The summed E-state index contributed by atoms with van der Waals surface area (Å²) in [6.45, 7) is 3.08. The molecule has 134 valence electrons. The van der Waals surface area contributed by atoms with Crippen LogP contribution in [0.2, 0.25) is 0 Å². The molecule has 0 atom stereocenters. The Hall–Kier alpha value is -1.57. The third-order valence-corrected chi connectivity index (χ3v) is 5.49. The Morgan fingerprint density at radius 2 is 2.16 bits per heavy atom. The number of hydrogen-bond acceptors (Lipinski definition) is 2. The SMILES string of the molecule is CN=C(NCc1cccc(-n2cccn2)c1)N1CCC2(CCC2)C1.I. The number of hydrogen-bond donors (Lipinski definition) is 1. The molecule has 2 aromatic rings. The molecule has 1 saturated carbocycles. The molecule has 1 saturated heterocycles. The topological polar surface area (TPSA) is 45.5 Å². The van der Waals surface area contributed by atoms with Gasteiger partial charge in [0.25, 0.3) is 0 Å². The molecule has 0 radical (unpaired) electrons. The van der Waals surface area contributed by atoms with Crippen LogP contribution in [0, 0.1) is 5.41 Å². The molecule has 2 aliphatic rings. The van der Waals surface area contributed by atoms with E-state index in [4.69, 9.17) is 0 Å². The first-order chi connectivity index (χ1) is 11.8. The van der Waals surface area contributed by atoms with E-state index in [-0.39, 0.29) is 24.0 Å². The molecule has 25 heavy (non-hydrogen) atoms. The van der Waals surface area contributed by atoms with E-state index in [0.717, 1.165) is 24.7 Å². The Morgan fingerprint density at radius 1 is 1.28 bits per heavy atom. The van der Waals surface area contributed by atoms with Crippen molar-refractivity contribution in [3.8, 4) is 5.69 Å². The van der Waals surface area contributed by atoms with E-state index >= 15 is 0 Å². The second-order valence-corrected chi connectivity index (χ2v) is 7.05. The van der Waals surface area contributed by atoms with Crippen molar-refractivity contribution in [2.24, 2.45) is 10.4 Å². The molecule has 1 aliphatic heterocycles. The minimum atomic E-state index is 0. The van der Waals surface area contributed by atoms with Crippen LogP contribution >= 0.6 is 24.0 Å². The normalized spacial score (nSPS) is 18.8. The van der Waals surface area contributed by atoms with E-state index in [2.05, 4.69) is 44.6 Å². The number of benzene rings is 1. The van der Waals surface area contributed by atoms with Gasteiger partial charge in [-0.3, -0.25) is 4.99 Å². The number of aromatic nitrogens is 2. The van der Waals surface area contributed by atoms with E-state index in [1.165, 1.54) is 37.8 Å². The third kappa shape index (κ3) is 3.83. The van der Waals surface area contributed by atoms with E-state index < -0.39 is 0 Å². The van der Waals surface area contributed by atoms with Gasteiger partial charge in [-0.25, -0.2) is 4.68 Å². The summed E-state index contributed by atoms with van der Waals surface area (Å²) >= 11 is 0. The van der Waals surface area contributed by atoms with E-state index in [9.17, 15) is 0 Å². The lowest BCUT2D eigenvalue weighted by molar-refractivity contribution is 0.151. The number of nitrogens with one attached hydrogen (secondary N) is 1. The molecule has 4 rings (SSSR count). The quantitative estimate of drug-likeness (QED) is 0.442. The van der Waals surface area contributed by atoms with Crippen LogP contribution in [0.25, 0.3) is 5.69 Å². The van der Waals surface area contributed by atoms with Gasteiger partial charge < -0.3 is 10.2 Å². The largest absolute Gasteiger partial charge is 0.352 e. The molecule has 1 spiro atoms. The van der Waals surface area contributed by atoms with Crippen molar-refractivity contribution in [3.63, 3.8) is 0 Å². The van der Waals surface area contributed by atoms with Gasteiger partial charge in [0.1, 0.15) is 0 Å². The van der Waals surface area contributed by atoms with E-state index in [0.29, 0.717) is 5.41 Å². The zero-order chi connectivity index (χ0) is 16.4. The fourth-order valence-corrected chi connectivity index (χ4v) is 3.94. The zero-order valence-corrected chi connectivity index (χ0v) is 17.0. The van der Waals surface area contributed by atoms with Crippen molar-refractivity contribution in [1.29, 1.82) is 0 Å². The van der Waals surface area contributed by atoms with Crippen LogP contribution in [0.15, 0.2) is 47.7 Å². The number of nitrogens with zero attached hydrogens (tertiary/aromatic N) is 4. The molecule has 0 unspecified atom stereocenters. The van der Waals surface area contributed by atoms with Crippen molar-refractivity contribution in [1.82, 2.24) is 20.0 Å². The maximum absolute atomic E-state index is 4.50. The summed E-state index contributed by atoms with van der Waals surface area (Å²) in [6.07, 6.45) is 9.28. The van der Waals surface area contributed by atoms with E-state index in [1.807, 2.05) is 24.0 Å². The summed E-state index contributed by atoms with van der Waals surface area (Å²) in [6, 6.07) is 10.4. The van der Waals surface area contributed by atoms with Gasteiger partial charge in [0.05, 0.1) is 5.69 Å². The highest BCUT2D eigenvalue weighted by atomic mass is 127. The summed E-state index contributed by atoms with van der Waals surface area (Å²) in [5, 5.41) is 7.83. The molecular formula is C19H26IN5. The van der Waals surface area contributed by atoms with Crippen LogP contribution in [0.1, 0.15) is 31.2 Å². The van der Waals surface area contributed by atoms with Gasteiger partial charge in [0, 0.05) is 39.1 Å². The zero-order valence-electron chi connectivity index (χ0n) is 14.7. The molecule has 1 N–H and O–H groups in total. The first kappa shape index (κ1) is 18.2. The minimum Gasteiger partial charge on any atom is -0.352 e. The first-order valence-electron chi connectivity index (χ1n) is 8.83. The summed E-state index contributed by atoms with van der Waals surface area (Å²) < 4.78 is 1.89. The molecule has 1 aliphatic carbocycles. The number of guanidine groups is 1. The highest BCUT2D eigenvalue weighted by molar-refractivity contribution is 14.0. The summed E-state index contributed by atoms with van der Waals surface area (Å²) in [5.74, 6) is 1.03. The van der Waals surface area contributed by atoms with Crippen LogP contribution in [-0.2, 0) is 6.54 Å². The van der Waals surface area contributed by atoms with Crippen molar-refractivity contribution in [2.75, 3.05) is 20.1 Å². The lowest BCUT2D eigenvalue weighted by atomic mass is 9.68. The molecule has 2 fully saturated rings. The molecule has 1 aromatic carbocycles. The van der Waals surface area contributed by atoms with Crippen molar-refractivity contribution >= 4 is 29.9 Å². The highest BCUT2D eigenvalue weighted by Crippen LogP contribution is 2.47. The Labute approximate surface area is 166 Å². The average molecular weight is 451 g/mol. The van der Waals surface area contributed by atoms with Crippen LogP contribution in [0.3, 0.4) is 0 Å². The second-order valence-electron chi connectivity index (χ2n) is 7.05. The molecule has 2 heterocycles. The van der Waals surface area contributed by atoms with Crippen LogP contribution < -0.4 is 5.32 Å². The monoisotopic (exact) mass is 451 g/mol. The predicted octanol–water partition coefficient (Wildman–Crippen LogP) is 3.44. The lowest BCUT2D eigenvalue weighted by Crippen LogP contribution is -2.42. The van der Waals surface area contributed by atoms with Gasteiger partial charge >= 0.3 is 0 Å². The molecule has 0 bridgehead atoms. The minimum absolute atomic E-state index is 0. The predicted molar refractivity (Wildman–Crippen MR) is 112 cm³/mol. The summed E-state index contributed by atoms with van der Waals surface area (Å²) in [5.41, 5.74) is 2.92. The van der Waals surface area contributed by atoms with Gasteiger partial charge in [-0.15, -0.1) is 24.0 Å². The maximum atomic E-state index is 4.50. The Morgan fingerprint density at radius 3 is 2.80 bits per heavy atom. The van der Waals surface area contributed by atoms with Gasteiger partial charge in [0.2, 0.25) is 0 Å². The fraction of sp³-hybridized carbons (Fsp3) is 0.474. The van der Waals surface area contributed by atoms with Gasteiger partial charge in [-0.05, 0) is 48.4 Å². The number of likely N-dealkylation sites (tertiary alicyclic amines) is 1. The first-order valence-corrected chi connectivity index (χ1v) is 8.83. The summed E-state index contributed by atoms with van der Waals surface area (Å²) in [7, 11) is 1.88. The van der Waals surface area contributed by atoms with Crippen molar-refractivity contribution < 1.29 is 0 Å². The molecule has 0 amide bonds. The van der Waals surface area contributed by atoms with Gasteiger partial charge in [-0.2, -0.15) is 5.10 Å². The Kier molecular flexibility index (Phi) is 5.66. The van der Waals surface area contributed by atoms with Crippen LogP contribution in [-0.4, -0.2) is 40.8 Å². The Balaban J connectivity index is 0.00000182. The third-order valence-electron chi connectivity index (χ3n) is 5.49. The van der Waals surface area contributed by atoms with Crippen molar-refractivity contribution in [2.45, 2.75) is 32.2 Å². The molecule has 5 nitrogen and oxygen atoms in total. The highest BCUT2D eigenvalue weighted by Gasteiger charge is 2.43. The number of halogens is 1. The van der Waals surface area contributed by atoms with Gasteiger partial charge in [0.15, 0.2) is 5.96 Å². The number of aliphatic imine (C=N–C) groups is 1.